The molecule has 35 heavy (non-hydrogen) atoms. The fourth-order valence-corrected chi connectivity index (χ4v) is 4.64. The minimum absolute atomic E-state index is 0.993. The van der Waals surface area contributed by atoms with E-state index in [0.29, 0.717) is 0 Å². The van der Waals surface area contributed by atoms with E-state index in [4.69, 9.17) is 0 Å². The molecule has 3 heterocycles. The maximum atomic E-state index is 4.68. The molecule has 0 N–H and O–H groups in total. The van der Waals surface area contributed by atoms with Crippen LogP contribution >= 0.6 is 0 Å². The van der Waals surface area contributed by atoms with E-state index in [1.54, 1.807) is 0 Å². The topological polar surface area (TPSA) is 27.2 Å². The molecule has 0 fully saturated rings. The van der Waals surface area contributed by atoms with Crippen LogP contribution in [0.3, 0.4) is 0 Å². The molecule has 0 saturated carbocycles. The van der Waals surface area contributed by atoms with Crippen LogP contribution in [0.15, 0.2) is 97.1 Å². The zero-order valence-corrected chi connectivity index (χ0v) is 21.5. The molecule has 0 saturated heterocycles. The van der Waals surface area contributed by atoms with Gasteiger partial charge in [0.2, 0.25) is 5.78 Å². The maximum absolute atomic E-state index is 4.68. The van der Waals surface area contributed by atoms with E-state index in [0.717, 1.165) is 11.3 Å². The third-order valence-electron chi connectivity index (χ3n) is 6.15. The Balaban J connectivity index is 0.000000147. The molecule has 4 heteroatoms. The predicted molar refractivity (Wildman–Crippen MR) is 152 cm³/mol. The van der Waals surface area contributed by atoms with E-state index in [1.165, 1.54) is 38.4 Å². The largest absolute Gasteiger partial charge is 0.344 e. The van der Waals surface area contributed by atoms with Crippen molar-refractivity contribution < 1.29 is 0 Å². The second kappa shape index (κ2) is 10.5. The Morgan fingerprint density at radius 3 is 1.46 bits per heavy atom. The number of para-hydroxylation sites is 6. The first-order valence-corrected chi connectivity index (χ1v) is 12.5. The molecule has 7 rings (SSSR count). The summed E-state index contributed by atoms with van der Waals surface area (Å²) in [6.45, 7) is 8.00. The molecule has 0 radical (unpaired) electrons. The first-order valence-electron chi connectivity index (χ1n) is 12.5. The molecule has 0 aliphatic rings. The van der Waals surface area contributed by atoms with Gasteiger partial charge in [-0.25, -0.2) is 4.98 Å². The number of rotatable bonds is 0. The number of nitrogens with zero attached hydrogens (tertiary/aromatic N) is 4. The van der Waals surface area contributed by atoms with E-state index in [9.17, 15) is 0 Å². The molecule has 0 aliphatic carbocycles. The highest BCUT2D eigenvalue weighted by Gasteiger charge is 2.12. The summed E-state index contributed by atoms with van der Waals surface area (Å²) in [5.41, 5.74) is 7.23. The monoisotopic (exact) mass is 462 g/mol. The SMILES string of the molecule is CC.CC.Cn1c2ccccc2c2ccccc21.Cn1c2ccccc2n2c3ccccc3nc12. The van der Waals surface area contributed by atoms with Crippen LogP contribution in [0.2, 0.25) is 0 Å². The summed E-state index contributed by atoms with van der Waals surface area (Å²) in [6.07, 6.45) is 0. The first-order chi connectivity index (χ1) is 17.2. The van der Waals surface area contributed by atoms with Crippen molar-refractivity contribution in [2.24, 2.45) is 14.1 Å². The smallest absolute Gasteiger partial charge is 0.215 e. The highest BCUT2D eigenvalue weighted by atomic mass is 15.2. The van der Waals surface area contributed by atoms with Crippen LogP contribution in [0.4, 0.5) is 0 Å². The van der Waals surface area contributed by atoms with Gasteiger partial charge in [-0.1, -0.05) is 88.4 Å². The lowest BCUT2D eigenvalue weighted by atomic mass is 10.2. The molecule has 3 aromatic heterocycles. The van der Waals surface area contributed by atoms with E-state index in [1.807, 2.05) is 33.8 Å². The van der Waals surface area contributed by atoms with E-state index in [-0.39, 0.29) is 0 Å². The van der Waals surface area contributed by atoms with Crippen molar-refractivity contribution in [2.75, 3.05) is 0 Å². The molecular weight excluding hydrogens is 428 g/mol. The molecule has 0 bridgehead atoms. The van der Waals surface area contributed by atoms with Crippen LogP contribution in [0.5, 0.6) is 0 Å². The lowest BCUT2D eigenvalue weighted by Crippen LogP contribution is -1.87. The van der Waals surface area contributed by atoms with Crippen molar-refractivity contribution in [3.63, 3.8) is 0 Å². The highest BCUT2D eigenvalue weighted by molar-refractivity contribution is 6.07. The molecule has 0 spiro atoms. The summed E-state index contributed by atoms with van der Waals surface area (Å²) in [6, 6.07) is 33.7. The number of hydrogen-bond acceptors (Lipinski definition) is 1. The van der Waals surface area contributed by atoms with Gasteiger partial charge in [-0.3, -0.25) is 4.40 Å². The molecular formula is C31H34N4. The Kier molecular flexibility index (Phi) is 7.21. The Bertz CT molecular complexity index is 1660. The summed E-state index contributed by atoms with van der Waals surface area (Å²) >= 11 is 0. The predicted octanol–water partition coefficient (Wildman–Crippen LogP) is 8.36. The average Bonchev–Trinajstić information content (AvgIpc) is 3.56. The summed E-state index contributed by atoms with van der Waals surface area (Å²) in [5, 5.41) is 2.68. The molecule has 0 amide bonds. The van der Waals surface area contributed by atoms with Gasteiger partial charge in [0.25, 0.3) is 0 Å². The van der Waals surface area contributed by atoms with Gasteiger partial charge in [0.1, 0.15) is 0 Å². The first kappa shape index (κ1) is 24.1. The van der Waals surface area contributed by atoms with Crippen molar-refractivity contribution in [1.29, 1.82) is 0 Å². The fourth-order valence-electron chi connectivity index (χ4n) is 4.64. The Morgan fingerprint density at radius 1 is 0.457 bits per heavy atom. The van der Waals surface area contributed by atoms with Crippen molar-refractivity contribution in [3.8, 4) is 0 Å². The number of fused-ring (bicyclic) bond motifs is 8. The van der Waals surface area contributed by atoms with Crippen LogP contribution in [-0.4, -0.2) is 18.5 Å². The van der Waals surface area contributed by atoms with Crippen LogP contribution in [0, 0.1) is 0 Å². The van der Waals surface area contributed by atoms with Crippen molar-refractivity contribution in [2.45, 2.75) is 27.7 Å². The van der Waals surface area contributed by atoms with Gasteiger partial charge >= 0.3 is 0 Å². The van der Waals surface area contributed by atoms with Gasteiger partial charge < -0.3 is 9.13 Å². The standard InChI is InChI=1S/C14H11N3.C13H11N.2C2H6/c1-16-12-8-4-5-9-13(12)17-11-7-3-2-6-10(11)15-14(16)17;1-14-12-8-4-2-6-10(12)11-7-3-5-9-13(11)14;2*1-2/h2-9H,1H3;2-9H,1H3;2*1-2H3. The lowest BCUT2D eigenvalue weighted by molar-refractivity contribution is 0.973. The minimum Gasteiger partial charge on any atom is -0.344 e. The minimum atomic E-state index is 0.993. The van der Waals surface area contributed by atoms with Crippen LogP contribution < -0.4 is 0 Å². The summed E-state index contributed by atoms with van der Waals surface area (Å²) < 4.78 is 6.59. The molecule has 0 aliphatic heterocycles. The van der Waals surface area contributed by atoms with E-state index < -0.39 is 0 Å². The van der Waals surface area contributed by atoms with Gasteiger partial charge in [-0.2, -0.15) is 0 Å². The summed E-state index contributed by atoms with van der Waals surface area (Å²) in [4.78, 5) is 4.68. The number of aryl methyl sites for hydroxylation is 2. The normalized spacial score (nSPS) is 10.6. The number of aromatic nitrogens is 4. The van der Waals surface area contributed by atoms with Crippen molar-refractivity contribution >= 4 is 49.7 Å². The number of benzene rings is 4. The maximum Gasteiger partial charge on any atom is 0.215 e. The molecule has 7 aromatic rings. The molecule has 4 aromatic carbocycles. The van der Waals surface area contributed by atoms with Gasteiger partial charge in [-0.15, -0.1) is 0 Å². The van der Waals surface area contributed by atoms with Crippen LogP contribution in [0.1, 0.15) is 27.7 Å². The summed E-state index contributed by atoms with van der Waals surface area (Å²) in [5.74, 6) is 0.993. The molecule has 178 valence electrons. The Labute approximate surface area is 207 Å². The number of imidazole rings is 2. The second-order valence-electron chi connectivity index (χ2n) is 7.88. The van der Waals surface area contributed by atoms with E-state index >= 15 is 0 Å². The summed E-state index contributed by atoms with van der Waals surface area (Å²) in [7, 11) is 4.17. The molecule has 4 nitrogen and oxygen atoms in total. The van der Waals surface area contributed by atoms with Gasteiger partial charge in [0.05, 0.1) is 22.1 Å². The van der Waals surface area contributed by atoms with Crippen LogP contribution in [0.25, 0.3) is 49.7 Å². The van der Waals surface area contributed by atoms with E-state index in [2.05, 4.69) is 124 Å². The number of hydrogen-bond donors (Lipinski definition) is 0. The third kappa shape index (κ3) is 4.06. The zero-order valence-electron chi connectivity index (χ0n) is 21.5. The molecule has 0 atom stereocenters. The quantitative estimate of drug-likeness (QED) is 0.222. The van der Waals surface area contributed by atoms with Gasteiger partial charge in [0.15, 0.2) is 0 Å². The van der Waals surface area contributed by atoms with Crippen LogP contribution in [-0.2, 0) is 14.1 Å². The zero-order chi connectivity index (χ0) is 24.9. The average molecular weight is 463 g/mol. The fraction of sp³-hybridized carbons (Fsp3) is 0.194. The Morgan fingerprint density at radius 2 is 0.886 bits per heavy atom. The van der Waals surface area contributed by atoms with Crippen molar-refractivity contribution in [3.05, 3.63) is 97.1 Å². The third-order valence-corrected chi connectivity index (χ3v) is 6.15. The lowest BCUT2D eigenvalue weighted by Gasteiger charge is -1.95. The van der Waals surface area contributed by atoms with Gasteiger partial charge in [0, 0.05) is 35.9 Å². The Hall–Kier alpha value is -4.05. The second-order valence-corrected chi connectivity index (χ2v) is 7.88. The van der Waals surface area contributed by atoms with Crippen molar-refractivity contribution in [1.82, 2.24) is 18.5 Å². The van der Waals surface area contributed by atoms with Gasteiger partial charge in [-0.05, 0) is 36.4 Å². The molecule has 0 unspecified atom stereocenters. The highest BCUT2D eigenvalue weighted by Crippen LogP contribution is 2.27.